The van der Waals surface area contributed by atoms with E-state index in [4.69, 9.17) is 5.21 Å². The fraction of sp³-hybridized carbons (Fsp3) is 0.300. The highest BCUT2D eigenvalue weighted by atomic mass is 16.5. The summed E-state index contributed by atoms with van der Waals surface area (Å²) in [6, 6.07) is 10.0. The van der Waals surface area contributed by atoms with Crippen molar-refractivity contribution in [3.63, 3.8) is 0 Å². The first-order valence-corrected chi connectivity index (χ1v) is 4.40. The molecule has 0 aliphatic carbocycles. The van der Waals surface area contributed by atoms with Gasteiger partial charge in [-0.05, 0) is 5.56 Å². The van der Waals surface area contributed by atoms with Crippen molar-refractivity contribution in [2.24, 2.45) is 4.99 Å². The SMILES string of the molecule is CN=C(NO)N(C)Cc1ccccc1. The van der Waals surface area contributed by atoms with E-state index in [-0.39, 0.29) is 0 Å². The standard InChI is InChI=1S/C10H15N3O/c1-11-10(12-14)13(2)8-9-6-4-3-5-7-9/h3-7,14H,8H2,1-2H3,(H,11,12). The molecule has 1 rings (SSSR count). The Bertz CT molecular complexity index is 297. The van der Waals surface area contributed by atoms with E-state index in [9.17, 15) is 0 Å². The number of aliphatic imine (C=N–C) groups is 1. The van der Waals surface area contributed by atoms with Gasteiger partial charge in [-0.25, -0.2) is 5.48 Å². The Kier molecular flexibility index (Phi) is 3.94. The van der Waals surface area contributed by atoms with Gasteiger partial charge in [0, 0.05) is 20.6 Å². The zero-order valence-corrected chi connectivity index (χ0v) is 8.44. The van der Waals surface area contributed by atoms with Crippen LogP contribution in [-0.4, -0.2) is 30.2 Å². The summed E-state index contributed by atoms with van der Waals surface area (Å²) in [5.74, 6) is 0.453. The minimum atomic E-state index is 0.453. The minimum Gasteiger partial charge on any atom is -0.340 e. The molecule has 0 atom stereocenters. The quantitative estimate of drug-likeness (QED) is 0.420. The lowest BCUT2D eigenvalue weighted by Crippen LogP contribution is -2.36. The molecule has 0 amide bonds. The van der Waals surface area contributed by atoms with Crippen molar-refractivity contribution in [1.29, 1.82) is 0 Å². The Balaban J connectivity index is 2.61. The van der Waals surface area contributed by atoms with Crippen LogP contribution in [0.4, 0.5) is 0 Å². The molecule has 0 aliphatic rings. The van der Waals surface area contributed by atoms with Gasteiger partial charge in [0.2, 0.25) is 5.96 Å². The summed E-state index contributed by atoms with van der Waals surface area (Å²) in [4.78, 5) is 5.71. The van der Waals surface area contributed by atoms with Gasteiger partial charge in [-0.2, -0.15) is 0 Å². The van der Waals surface area contributed by atoms with Crippen molar-refractivity contribution < 1.29 is 5.21 Å². The first-order chi connectivity index (χ1) is 6.77. The van der Waals surface area contributed by atoms with Crippen molar-refractivity contribution in [2.75, 3.05) is 14.1 Å². The third kappa shape index (κ3) is 2.74. The maximum absolute atomic E-state index is 8.75. The Labute approximate surface area is 83.8 Å². The number of nitrogens with zero attached hydrogens (tertiary/aromatic N) is 2. The first kappa shape index (κ1) is 10.5. The molecular weight excluding hydrogens is 178 g/mol. The molecule has 0 fully saturated rings. The van der Waals surface area contributed by atoms with Gasteiger partial charge in [-0.1, -0.05) is 30.3 Å². The summed E-state index contributed by atoms with van der Waals surface area (Å²) in [6.07, 6.45) is 0. The predicted octanol–water partition coefficient (Wildman–Crippen LogP) is 1.08. The Morgan fingerprint density at radius 3 is 2.57 bits per heavy atom. The predicted molar refractivity (Wildman–Crippen MR) is 56.2 cm³/mol. The maximum atomic E-state index is 8.75. The molecule has 0 aliphatic heterocycles. The average Bonchev–Trinajstić information content (AvgIpc) is 2.21. The second-order valence-electron chi connectivity index (χ2n) is 3.00. The van der Waals surface area contributed by atoms with Gasteiger partial charge in [0.05, 0.1) is 0 Å². The highest BCUT2D eigenvalue weighted by molar-refractivity contribution is 5.78. The van der Waals surface area contributed by atoms with Crippen LogP contribution >= 0.6 is 0 Å². The molecule has 2 N–H and O–H groups in total. The third-order valence-corrected chi connectivity index (χ3v) is 1.94. The molecule has 0 saturated carbocycles. The van der Waals surface area contributed by atoms with Crippen LogP contribution in [0.2, 0.25) is 0 Å². The van der Waals surface area contributed by atoms with Crippen molar-refractivity contribution in [1.82, 2.24) is 10.4 Å². The molecule has 14 heavy (non-hydrogen) atoms. The van der Waals surface area contributed by atoms with Gasteiger partial charge in [-0.15, -0.1) is 0 Å². The van der Waals surface area contributed by atoms with E-state index in [1.54, 1.807) is 7.05 Å². The van der Waals surface area contributed by atoms with Crippen molar-refractivity contribution >= 4 is 5.96 Å². The molecule has 76 valence electrons. The van der Waals surface area contributed by atoms with E-state index in [0.717, 1.165) is 0 Å². The maximum Gasteiger partial charge on any atom is 0.217 e. The van der Waals surface area contributed by atoms with Crippen LogP contribution in [-0.2, 0) is 6.54 Å². The van der Waals surface area contributed by atoms with E-state index in [2.05, 4.69) is 4.99 Å². The van der Waals surface area contributed by atoms with Crippen LogP contribution in [0.1, 0.15) is 5.56 Å². The van der Waals surface area contributed by atoms with Crippen molar-refractivity contribution in [3.05, 3.63) is 35.9 Å². The van der Waals surface area contributed by atoms with Crippen LogP contribution in [0.5, 0.6) is 0 Å². The zero-order valence-electron chi connectivity index (χ0n) is 8.44. The fourth-order valence-corrected chi connectivity index (χ4v) is 1.24. The van der Waals surface area contributed by atoms with E-state index in [1.165, 1.54) is 5.56 Å². The largest absolute Gasteiger partial charge is 0.340 e. The molecule has 0 unspecified atom stereocenters. The molecule has 0 bridgehead atoms. The molecule has 0 saturated heterocycles. The Morgan fingerprint density at radius 2 is 2.07 bits per heavy atom. The second-order valence-corrected chi connectivity index (χ2v) is 3.00. The van der Waals surface area contributed by atoms with Gasteiger partial charge >= 0.3 is 0 Å². The molecule has 0 radical (unpaired) electrons. The monoisotopic (exact) mass is 193 g/mol. The molecule has 1 aromatic carbocycles. The summed E-state index contributed by atoms with van der Waals surface area (Å²) in [6.45, 7) is 0.709. The van der Waals surface area contributed by atoms with Gasteiger partial charge in [0.1, 0.15) is 0 Å². The molecule has 1 aromatic rings. The minimum absolute atomic E-state index is 0.453. The molecule has 4 nitrogen and oxygen atoms in total. The van der Waals surface area contributed by atoms with Crippen molar-refractivity contribution in [2.45, 2.75) is 6.54 Å². The molecule has 0 aromatic heterocycles. The summed E-state index contributed by atoms with van der Waals surface area (Å²) in [7, 11) is 3.48. The number of rotatable bonds is 2. The second kappa shape index (κ2) is 5.24. The van der Waals surface area contributed by atoms with Gasteiger partial charge in [0.25, 0.3) is 0 Å². The summed E-state index contributed by atoms with van der Waals surface area (Å²) < 4.78 is 0. The van der Waals surface area contributed by atoms with Gasteiger partial charge in [0.15, 0.2) is 0 Å². The lowest BCUT2D eigenvalue weighted by molar-refractivity contribution is 0.214. The number of hydrogen-bond donors (Lipinski definition) is 2. The van der Waals surface area contributed by atoms with Crippen LogP contribution in [0.25, 0.3) is 0 Å². The third-order valence-electron chi connectivity index (χ3n) is 1.94. The van der Waals surface area contributed by atoms with E-state index in [0.29, 0.717) is 12.5 Å². The molecule has 4 heteroatoms. The van der Waals surface area contributed by atoms with Crippen molar-refractivity contribution in [3.8, 4) is 0 Å². The number of benzene rings is 1. The number of hydrogen-bond acceptors (Lipinski definition) is 2. The fourth-order valence-electron chi connectivity index (χ4n) is 1.24. The van der Waals surface area contributed by atoms with Crippen LogP contribution < -0.4 is 5.48 Å². The molecule has 0 spiro atoms. The van der Waals surface area contributed by atoms with E-state index < -0.39 is 0 Å². The highest BCUT2D eigenvalue weighted by Crippen LogP contribution is 2.02. The summed E-state index contributed by atoms with van der Waals surface area (Å²) >= 11 is 0. The van der Waals surface area contributed by atoms with E-state index in [1.807, 2.05) is 47.8 Å². The first-order valence-electron chi connectivity index (χ1n) is 4.40. The Hall–Kier alpha value is -1.55. The highest BCUT2D eigenvalue weighted by Gasteiger charge is 2.03. The van der Waals surface area contributed by atoms with Crippen LogP contribution in [0.15, 0.2) is 35.3 Å². The number of guanidine groups is 1. The molecule has 0 heterocycles. The van der Waals surface area contributed by atoms with Crippen LogP contribution in [0, 0.1) is 0 Å². The Morgan fingerprint density at radius 1 is 1.43 bits per heavy atom. The lowest BCUT2D eigenvalue weighted by Gasteiger charge is -2.19. The van der Waals surface area contributed by atoms with Crippen LogP contribution in [0.3, 0.4) is 0 Å². The van der Waals surface area contributed by atoms with E-state index >= 15 is 0 Å². The number of nitrogens with one attached hydrogen (secondary N) is 1. The molecular formula is C10H15N3O. The topological polar surface area (TPSA) is 47.9 Å². The average molecular weight is 193 g/mol. The normalized spacial score (nSPS) is 11.2. The number of hydroxylamine groups is 1. The van der Waals surface area contributed by atoms with Gasteiger partial charge < -0.3 is 4.90 Å². The zero-order chi connectivity index (χ0) is 10.4. The summed E-state index contributed by atoms with van der Waals surface area (Å²) in [5, 5.41) is 8.75. The smallest absolute Gasteiger partial charge is 0.217 e. The van der Waals surface area contributed by atoms with Gasteiger partial charge in [-0.3, -0.25) is 10.2 Å². The lowest BCUT2D eigenvalue weighted by atomic mass is 10.2. The summed E-state index contributed by atoms with van der Waals surface area (Å²) in [5.41, 5.74) is 3.22.